The molecule has 0 aromatic rings. The Hall–Kier alpha value is -1.03. The Bertz CT molecular complexity index is 1210. The van der Waals surface area contributed by atoms with E-state index in [1.165, 1.54) is 5.57 Å². The van der Waals surface area contributed by atoms with E-state index in [1.807, 2.05) is 0 Å². The molecule has 14 atom stereocenters. The largest absolute Gasteiger partial charge is 0.481 e. The van der Waals surface area contributed by atoms with Crippen LogP contribution >= 0.6 is 0 Å². The monoisotopic (exact) mass is 632 g/mol. The van der Waals surface area contributed by atoms with Crippen molar-refractivity contribution in [3.8, 4) is 0 Å². The Morgan fingerprint density at radius 2 is 1.56 bits per heavy atom. The highest BCUT2D eigenvalue weighted by Gasteiger charge is 2.70. The van der Waals surface area contributed by atoms with Crippen LogP contribution in [-0.4, -0.2) is 79.8 Å². The van der Waals surface area contributed by atoms with Gasteiger partial charge >= 0.3 is 5.97 Å². The fourth-order valence-corrected chi connectivity index (χ4v) is 12.9. The number of ether oxygens (including phenoxy) is 1. The quantitative estimate of drug-likeness (QED) is 0.245. The molecule has 6 N–H and O–H groups in total. The number of carboxylic acid groups (broad SMARTS) is 1. The zero-order valence-electron chi connectivity index (χ0n) is 28.6. The first kappa shape index (κ1) is 33.9. The first-order valence-electron chi connectivity index (χ1n) is 17.7. The van der Waals surface area contributed by atoms with Crippen LogP contribution in [0.5, 0.6) is 0 Å². The molecule has 0 radical (unpaired) electrons. The Morgan fingerprint density at radius 3 is 2.20 bits per heavy atom. The van der Waals surface area contributed by atoms with E-state index in [4.69, 9.17) is 4.74 Å². The van der Waals surface area contributed by atoms with Crippen molar-refractivity contribution in [3.05, 3.63) is 11.6 Å². The van der Waals surface area contributed by atoms with Gasteiger partial charge in [0, 0.05) is 0 Å². The lowest BCUT2D eigenvalue weighted by molar-refractivity contribution is -0.267. The third-order valence-corrected chi connectivity index (χ3v) is 15.9. The lowest BCUT2D eigenvalue weighted by atomic mass is 9.33. The van der Waals surface area contributed by atoms with Crippen molar-refractivity contribution in [2.75, 3.05) is 6.61 Å². The highest BCUT2D eigenvalue weighted by molar-refractivity contribution is 5.76. The summed E-state index contributed by atoms with van der Waals surface area (Å²) in [5, 5.41) is 63.8. The Labute approximate surface area is 269 Å². The molecule has 8 nitrogen and oxygen atoms in total. The van der Waals surface area contributed by atoms with Crippen LogP contribution in [0.4, 0.5) is 0 Å². The standard InChI is InChI=1S/C37H60O8/c1-32(2)14-16-37(31(43)44)17-15-35(6)20(22(37)18-32)8-9-25-34(5)12-10-21(33(3,4)24(34)11-13-36(25,35)7)26(39)30-29(42)28(41)27(40)23(19-38)45-30/h8,21-30,38-42H,9-19H2,1-7H3,(H,43,44)/t21-,22?,23?,24?,25?,26+,27+,28+,29?,30+,34+,35-,36-,37+/m1/s1. The topological polar surface area (TPSA) is 148 Å². The molecule has 5 unspecified atom stereocenters. The summed E-state index contributed by atoms with van der Waals surface area (Å²) < 4.78 is 5.85. The molecule has 6 aliphatic rings. The molecule has 6 rings (SSSR count). The van der Waals surface area contributed by atoms with Gasteiger partial charge in [0.15, 0.2) is 0 Å². The van der Waals surface area contributed by atoms with Gasteiger partial charge in [-0.25, -0.2) is 0 Å². The van der Waals surface area contributed by atoms with Gasteiger partial charge in [-0.05, 0) is 115 Å². The third kappa shape index (κ3) is 4.55. The molecule has 5 fully saturated rings. The number of aliphatic carboxylic acids is 1. The van der Waals surface area contributed by atoms with E-state index in [1.54, 1.807) is 0 Å². The summed E-state index contributed by atoms with van der Waals surface area (Å²) in [6.07, 6.45) is 3.91. The van der Waals surface area contributed by atoms with Gasteiger partial charge in [0.1, 0.15) is 30.5 Å². The second kappa shape index (κ2) is 10.7. The zero-order valence-corrected chi connectivity index (χ0v) is 28.6. The minimum Gasteiger partial charge on any atom is -0.481 e. The fourth-order valence-electron chi connectivity index (χ4n) is 12.9. The zero-order chi connectivity index (χ0) is 33.1. The summed E-state index contributed by atoms with van der Waals surface area (Å²) in [5.41, 5.74) is 0.609. The maximum Gasteiger partial charge on any atom is 0.310 e. The number of aliphatic hydroxyl groups excluding tert-OH is 5. The summed E-state index contributed by atoms with van der Waals surface area (Å²) in [6.45, 7) is 16.0. The van der Waals surface area contributed by atoms with E-state index in [2.05, 4.69) is 54.5 Å². The van der Waals surface area contributed by atoms with Gasteiger partial charge < -0.3 is 35.4 Å². The van der Waals surface area contributed by atoms with Gasteiger partial charge in [0.2, 0.25) is 0 Å². The van der Waals surface area contributed by atoms with Crippen LogP contribution in [0, 0.1) is 56.2 Å². The van der Waals surface area contributed by atoms with Crippen molar-refractivity contribution < 1.29 is 40.2 Å². The van der Waals surface area contributed by atoms with Crippen molar-refractivity contribution in [2.45, 2.75) is 149 Å². The smallest absolute Gasteiger partial charge is 0.310 e. The minimum atomic E-state index is -1.50. The first-order valence-corrected chi connectivity index (χ1v) is 17.7. The number of rotatable bonds is 4. The molecule has 1 aliphatic heterocycles. The molecule has 0 aromatic heterocycles. The van der Waals surface area contributed by atoms with Gasteiger partial charge in [-0.1, -0.05) is 60.1 Å². The maximum atomic E-state index is 13.0. The number of aliphatic hydroxyl groups is 5. The second-order valence-electron chi connectivity index (χ2n) is 18.4. The van der Waals surface area contributed by atoms with Crippen LogP contribution in [0.1, 0.15) is 113 Å². The van der Waals surface area contributed by atoms with Crippen molar-refractivity contribution in [2.24, 2.45) is 56.2 Å². The number of hydrogen-bond donors (Lipinski definition) is 6. The molecule has 1 heterocycles. The number of carboxylic acids is 1. The highest BCUT2D eigenvalue weighted by atomic mass is 16.6. The van der Waals surface area contributed by atoms with Crippen molar-refractivity contribution in [3.63, 3.8) is 0 Å². The van der Waals surface area contributed by atoms with Crippen LogP contribution in [0.15, 0.2) is 11.6 Å². The molecule has 0 spiro atoms. The van der Waals surface area contributed by atoms with E-state index >= 15 is 0 Å². The summed E-state index contributed by atoms with van der Waals surface area (Å²) >= 11 is 0. The van der Waals surface area contributed by atoms with Gasteiger partial charge in [0.25, 0.3) is 0 Å². The molecule has 256 valence electrons. The fraction of sp³-hybridized carbons (Fsp3) is 0.919. The summed E-state index contributed by atoms with van der Waals surface area (Å²) in [5.74, 6) is 0.0295. The van der Waals surface area contributed by atoms with Crippen molar-refractivity contribution in [1.29, 1.82) is 0 Å². The predicted octanol–water partition coefficient (Wildman–Crippen LogP) is 4.69. The van der Waals surface area contributed by atoms with Crippen LogP contribution in [-0.2, 0) is 9.53 Å². The van der Waals surface area contributed by atoms with E-state index in [0.717, 1.165) is 64.2 Å². The maximum absolute atomic E-state index is 13.0. The SMILES string of the molecule is CC1(C)CC[C@]2(C(=O)O)CC[C@]3(C)C(=CCC4[C@@]5(C)CC[C@H]([C@H](O)[C@@H]6OC(CO)[C@H](O)[C@H](O)C6O)C(C)(C)C5CC[C@]43C)C2C1. The average Bonchev–Trinajstić information content (AvgIpc) is 2.95. The number of carbonyl (C=O) groups is 1. The van der Waals surface area contributed by atoms with Gasteiger partial charge in [-0.2, -0.15) is 0 Å². The third-order valence-electron chi connectivity index (χ3n) is 15.9. The van der Waals surface area contributed by atoms with E-state index in [0.29, 0.717) is 11.8 Å². The summed E-state index contributed by atoms with van der Waals surface area (Å²) in [6, 6.07) is 0. The van der Waals surface area contributed by atoms with Crippen LogP contribution in [0.2, 0.25) is 0 Å². The van der Waals surface area contributed by atoms with Gasteiger partial charge in [0.05, 0.1) is 18.1 Å². The van der Waals surface area contributed by atoms with Gasteiger partial charge in [-0.3, -0.25) is 4.79 Å². The van der Waals surface area contributed by atoms with Crippen molar-refractivity contribution >= 4 is 5.97 Å². The second-order valence-corrected chi connectivity index (χ2v) is 18.4. The molecule has 0 amide bonds. The highest BCUT2D eigenvalue weighted by Crippen LogP contribution is 2.76. The van der Waals surface area contributed by atoms with E-state index in [-0.39, 0.29) is 38.9 Å². The molecular formula is C37H60O8. The van der Waals surface area contributed by atoms with Crippen LogP contribution in [0.25, 0.3) is 0 Å². The Morgan fingerprint density at radius 1 is 0.889 bits per heavy atom. The minimum absolute atomic E-state index is 0.0142. The lowest BCUT2D eigenvalue weighted by Crippen LogP contribution is -2.67. The molecule has 5 aliphatic carbocycles. The molecule has 8 heteroatoms. The van der Waals surface area contributed by atoms with E-state index < -0.39 is 54.6 Å². The summed E-state index contributed by atoms with van der Waals surface area (Å²) in [4.78, 5) is 13.0. The molecule has 0 bridgehead atoms. The first-order chi connectivity index (χ1) is 20.8. The molecule has 0 aromatic carbocycles. The van der Waals surface area contributed by atoms with Crippen LogP contribution < -0.4 is 0 Å². The number of hydrogen-bond acceptors (Lipinski definition) is 7. The summed E-state index contributed by atoms with van der Waals surface area (Å²) in [7, 11) is 0. The van der Waals surface area contributed by atoms with Crippen LogP contribution in [0.3, 0.4) is 0 Å². The normalized spacial score (nSPS) is 52.7. The lowest BCUT2D eigenvalue weighted by Gasteiger charge is -2.71. The number of allylic oxidation sites excluding steroid dienone is 2. The predicted molar refractivity (Wildman–Crippen MR) is 170 cm³/mol. The van der Waals surface area contributed by atoms with E-state index in [9.17, 15) is 35.4 Å². The van der Waals surface area contributed by atoms with Crippen molar-refractivity contribution in [1.82, 2.24) is 0 Å². The Kier molecular flexibility index (Phi) is 8.08. The molecule has 1 saturated heterocycles. The Balaban J connectivity index is 1.31. The number of fused-ring (bicyclic) bond motifs is 7. The molecular weight excluding hydrogens is 572 g/mol. The molecule has 45 heavy (non-hydrogen) atoms. The van der Waals surface area contributed by atoms with Gasteiger partial charge in [-0.15, -0.1) is 0 Å². The average molecular weight is 633 g/mol. The molecule has 4 saturated carbocycles.